The van der Waals surface area contributed by atoms with E-state index in [4.69, 9.17) is 9.84 Å². The van der Waals surface area contributed by atoms with Crippen LogP contribution in [0.5, 0.6) is 0 Å². The molecule has 1 unspecified atom stereocenters. The topological polar surface area (TPSA) is 75.6 Å². The van der Waals surface area contributed by atoms with Crippen molar-refractivity contribution >= 4 is 29.3 Å². The molecule has 1 aromatic rings. The van der Waals surface area contributed by atoms with E-state index in [0.29, 0.717) is 18.0 Å². The number of carbonyl (C=O) groups is 2. The summed E-state index contributed by atoms with van der Waals surface area (Å²) in [7, 11) is 1.62. The maximum absolute atomic E-state index is 11.8. The molecule has 0 aliphatic carbocycles. The molecule has 2 N–H and O–H groups in total. The van der Waals surface area contributed by atoms with Crippen LogP contribution in [0.25, 0.3) is 6.08 Å². The highest BCUT2D eigenvalue weighted by atomic mass is 32.1. The maximum Gasteiger partial charge on any atom is 0.328 e. The lowest BCUT2D eigenvalue weighted by molar-refractivity contribution is -0.131. The van der Waals surface area contributed by atoms with Gasteiger partial charge in [-0.3, -0.25) is 4.79 Å². The minimum Gasteiger partial charge on any atom is -0.478 e. The Morgan fingerprint density at radius 2 is 2.26 bits per heavy atom. The third kappa shape index (κ3) is 5.67. The van der Waals surface area contributed by atoms with Crippen molar-refractivity contribution in [3.63, 3.8) is 0 Å². The maximum atomic E-state index is 11.8. The zero-order valence-electron chi connectivity index (χ0n) is 10.9. The summed E-state index contributed by atoms with van der Waals surface area (Å²) in [5.74, 6) is -0.906. The number of methoxy groups -OCH3 is 1. The van der Waals surface area contributed by atoms with Gasteiger partial charge in [-0.25, -0.2) is 4.79 Å². The van der Waals surface area contributed by atoms with Gasteiger partial charge in [-0.15, -0.1) is 11.3 Å². The molecule has 1 rings (SSSR count). The van der Waals surface area contributed by atoms with E-state index in [1.807, 2.05) is 6.92 Å². The van der Waals surface area contributed by atoms with Crippen molar-refractivity contribution in [2.45, 2.75) is 6.92 Å². The molecule has 0 aromatic carbocycles. The SMILES string of the molecule is COCC(C)CNC(=O)c1ccc(C=CC(=O)O)s1. The van der Waals surface area contributed by atoms with Gasteiger partial charge in [0.25, 0.3) is 5.91 Å². The van der Waals surface area contributed by atoms with E-state index in [1.54, 1.807) is 19.2 Å². The Morgan fingerprint density at radius 3 is 2.89 bits per heavy atom. The highest BCUT2D eigenvalue weighted by Gasteiger charge is 2.09. The Balaban J connectivity index is 2.51. The van der Waals surface area contributed by atoms with E-state index in [0.717, 1.165) is 11.0 Å². The number of rotatable bonds is 7. The number of thiophene rings is 1. The molecule has 0 fully saturated rings. The highest BCUT2D eigenvalue weighted by Crippen LogP contribution is 2.17. The van der Waals surface area contributed by atoms with Crippen molar-refractivity contribution in [1.29, 1.82) is 0 Å². The second kappa shape index (κ2) is 7.70. The van der Waals surface area contributed by atoms with Crippen molar-refractivity contribution in [2.75, 3.05) is 20.3 Å². The van der Waals surface area contributed by atoms with Crippen LogP contribution >= 0.6 is 11.3 Å². The largest absolute Gasteiger partial charge is 0.478 e. The van der Waals surface area contributed by atoms with Gasteiger partial charge < -0.3 is 15.2 Å². The average molecular weight is 283 g/mol. The molecule has 1 aromatic heterocycles. The minimum atomic E-state index is -1.01. The summed E-state index contributed by atoms with van der Waals surface area (Å²) in [6.45, 7) is 3.13. The Labute approximate surface area is 115 Å². The van der Waals surface area contributed by atoms with E-state index in [1.165, 1.54) is 17.4 Å². The van der Waals surface area contributed by atoms with Crippen LogP contribution in [0.3, 0.4) is 0 Å². The zero-order chi connectivity index (χ0) is 14.3. The van der Waals surface area contributed by atoms with E-state index >= 15 is 0 Å². The number of aliphatic carboxylic acids is 1. The summed E-state index contributed by atoms with van der Waals surface area (Å²) in [5, 5.41) is 11.3. The van der Waals surface area contributed by atoms with Crippen molar-refractivity contribution in [3.05, 3.63) is 28.0 Å². The predicted molar refractivity (Wildman–Crippen MR) is 74.4 cm³/mol. The molecule has 0 saturated carbocycles. The summed E-state index contributed by atoms with van der Waals surface area (Å²) in [4.78, 5) is 23.5. The molecule has 19 heavy (non-hydrogen) atoms. The van der Waals surface area contributed by atoms with Gasteiger partial charge in [-0.1, -0.05) is 6.92 Å². The fraction of sp³-hybridized carbons (Fsp3) is 0.385. The lowest BCUT2D eigenvalue weighted by atomic mass is 10.2. The van der Waals surface area contributed by atoms with Gasteiger partial charge in [0.05, 0.1) is 11.5 Å². The minimum absolute atomic E-state index is 0.150. The first-order valence-corrected chi connectivity index (χ1v) is 6.62. The van der Waals surface area contributed by atoms with Crippen molar-refractivity contribution in [2.24, 2.45) is 5.92 Å². The molecule has 5 nitrogen and oxygen atoms in total. The van der Waals surface area contributed by atoms with Gasteiger partial charge in [0.1, 0.15) is 0 Å². The Kier molecular flexibility index (Phi) is 6.24. The molecule has 1 amide bonds. The molecule has 1 atom stereocenters. The smallest absolute Gasteiger partial charge is 0.328 e. The fourth-order valence-electron chi connectivity index (χ4n) is 1.42. The lowest BCUT2D eigenvalue weighted by Crippen LogP contribution is -2.29. The monoisotopic (exact) mass is 283 g/mol. The first-order chi connectivity index (χ1) is 9.02. The number of hydrogen-bond acceptors (Lipinski definition) is 4. The standard InChI is InChI=1S/C13H17NO4S/c1-9(8-18-2)7-14-13(17)11-5-3-10(19-11)4-6-12(15)16/h3-6,9H,7-8H2,1-2H3,(H,14,17)(H,15,16). The normalized spacial score (nSPS) is 12.5. The zero-order valence-corrected chi connectivity index (χ0v) is 11.7. The summed E-state index contributed by atoms with van der Waals surface area (Å²) in [5.41, 5.74) is 0. The van der Waals surface area contributed by atoms with Crippen LogP contribution in [0, 0.1) is 5.92 Å². The Bertz CT molecular complexity index is 467. The van der Waals surface area contributed by atoms with Gasteiger partial charge in [0.2, 0.25) is 0 Å². The Morgan fingerprint density at radius 1 is 1.53 bits per heavy atom. The average Bonchev–Trinajstić information content (AvgIpc) is 2.82. The summed E-state index contributed by atoms with van der Waals surface area (Å²) in [6, 6.07) is 3.40. The lowest BCUT2D eigenvalue weighted by Gasteiger charge is -2.10. The second-order valence-corrected chi connectivity index (χ2v) is 5.26. The predicted octanol–water partition coefficient (Wildman–Crippen LogP) is 1.86. The van der Waals surface area contributed by atoms with Crippen LogP contribution in [-0.4, -0.2) is 37.2 Å². The molecule has 0 aliphatic heterocycles. The molecule has 0 aliphatic rings. The molecule has 1 heterocycles. The molecule has 0 radical (unpaired) electrons. The molecule has 0 bridgehead atoms. The molecule has 104 valence electrons. The van der Waals surface area contributed by atoms with Crippen molar-refractivity contribution in [3.8, 4) is 0 Å². The van der Waals surface area contributed by atoms with E-state index in [9.17, 15) is 9.59 Å². The fourth-order valence-corrected chi connectivity index (χ4v) is 2.24. The number of carboxylic acid groups (broad SMARTS) is 1. The van der Waals surface area contributed by atoms with Crippen LogP contribution in [-0.2, 0) is 9.53 Å². The van der Waals surface area contributed by atoms with E-state index in [-0.39, 0.29) is 11.8 Å². The number of carbonyl (C=O) groups excluding carboxylic acids is 1. The second-order valence-electron chi connectivity index (χ2n) is 4.14. The summed E-state index contributed by atoms with van der Waals surface area (Å²) in [6.07, 6.45) is 2.52. The van der Waals surface area contributed by atoms with Gasteiger partial charge in [0.15, 0.2) is 0 Å². The van der Waals surface area contributed by atoms with Crippen LogP contribution in [0.15, 0.2) is 18.2 Å². The van der Waals surface area contributed by atoms with Crippen molar-refractivity contribution < 1.29 is 19.4 Å². The van der Waals surface area contributed by atoms with Crippen LogP contribution in [0.1, 0.15) is 21.5 Å². The third-order valence-electron chi connectivity index (χ3n) is 2.30. The highest BCUT2D eigenvalue weighted by molar-refractivity contribution is 7.14. The van der Waals surface area contributed by atoms with Crippen LogP contribution in [0.2, 0.25) is 0 Å². The van der Waals surface area contributed by atoms with E-state index < -0.39 is 5.97 Å². The number of nitrogens with one attached hydrogen (secondary N) is 1. The van der Waals surface area contributed by atoms with Gasteiger partial charge in [0, 0.05) is 24.6 Å². The quantitative estimate of drug-likeness (QED) is 0.749. The summed E-state index contributed by atoms with van der Waals surface area (Å²) < 4.78 is 4.99. The first kappa shape index (κ1) is 15.4. The molecule has 6 heteroatoms. The number of hydrogen-bond donors (Lipinski definition) is 2. The number of carboxylic acids is 1. The van der Waals surface area contributed by atoms with Gasteiger partial charge in [-0.2, -0.15) is 0 Å². The number of amides is 1. The summed E-state index contributed by atoms with van der Waals surface area (Å²) >= 11 is 1.25. The van der Waals surface area contributed by atoms with Crippen molar-refractivity contribution in [1.82, 2.24) is 5.32 Å². The molecular weight excluding hydrogens is 266 g/mol. The molecule has 0 saturated heterocycles. The molecule has 0 spiro atoms. The third-order valence-corrected chi connectivity index (χ3v) is 3.35. The Hall–Kier alpha value is -1.66. The van der Waals surface area contributed by atoms with Gasteiger partial charge >= 0.3 is 5.97 Å². The van der Waals surface area contributed by atoms with Crippen LogP contribution in [0.4, 0.5) is 0 Å². The van der Waals surface area contributed by atoms with Gasteiger partial charge in [-0.05, 0) is 24.1 Å². The number of ether oxygens (including phenoxy) is 1. The van der Waals surface area contributed by atoms with E-state index in [2.05, 4.69) is 5.32 Å². The first-order valence-electron chi connectivity index (χ1n) is 5.81. The molecular formula is C13H17NO4S. The van der Waals surface area contributed by atoms with Crippen LogP contribution < -0.4 is 5.32 Å².